The number of nitrogens with zero attached hydrogens (tertiary/aromatic N) is 3. The fraction of sp³-hybridized carbons (Fsp3) is 0.0139. The maximum atomic E-state index is 5.59. The van der Waals surface area contributed by atoms with Crippen molar-refractivity contribution in [1.29, 1.82) is 0 Å². The molecule has 0 spiro atoms. The molecule has 0 fully saturated rings. The number of hydrogen-bond donors (Lipinski definition) is 0. The van der Waals surface area contributed by atoms with E-state index in [0.717, 1.165) is 72.6 Å². The van der Waals surface area contributed by atoms with E-state index in [1.165, 1.54) is 50.1 Å². The van der Waals surface area contributed by atoms with Crippen LogP contribution < -0.4 is 4.90 Å². The Morgan fingerprint density at radius 3 is 1.37 bits per heavy atom. The first-order chi connectivity index (χ1) is 37.2. The predicted molar refractivity (Wildman–Crippen MR) is 312 cm³/mol. The fourth-order valence-corrected chi connectivity index (χ4v) is 12.0. The van der Waals surface area contributed by atoms with E-state index in [1.54, 1.807) is 0 Å². The molecule has 2 aromatic heterocycles. The molecular weight excluding hydrogens is 907 g/mol. The summed E-state index contributed by atoms with van der Waals surface area (Å²) in [6.07, 6.45) is 0. The van der Waals surface area contributed by atoms with Gasteiger partial charge < -0.3 is 4.90 Å². The monoisotopic (exact) mass is 955 g/mol. The highest BCUT2D eigenvalue weighted by atomic mass is 15.2. The van der Waals surface area contributed by atoms with E-state index >= 15 is 0 Å². The molecule has 0 atom stereocenters. The number of fused-ring (bicyclic) bond motifs is 6. The summed E-state index contributed by atoms with van der Waals surface area (Å²) < 4.78 is 2.19. The van der Waals surface area contributed by atoms with Crippen LogP contribution in [0, 0.1) is 0 Å². The molecule has 352 valence electrons. The highest BCUT2D eigenvalue weighted by Gasteiger charge is 2.47. The first-order valence-electron chi connectivity index (χ1n) is 25.8. The second-order valence-corrected chi connectivity index (χ2v) is 19.4. The molecule has 0 radical (unpaired) electrons. The van der Waals surface area contributed by atoms with Gasteiger partial charge in [-0.15, -0.1) is 0 Å². The molecule has 0 bridgehead atoms. The number of hydrogen-bond acceptors (Lipinski definition) is 2. The summed E-state index contributed by atoms with van der Waals surface area (Å²) in [5, 5.41) is 7.81. The molecular formula is C72H49N3. The summed E-state index contributed by atoms with van der Waals surface area (Å²) in [5.41, 5.74) is 22.2. The van der Waals surface area contributed by atoms with Crippen LogP contribution in [-0.4, -0.2) is 9.61 Å². The molecule has 0 aliphatic heterocycles. The molecule has 0 amide bonds. The van der Waals surface area contributed by atoms with Gasteiger partial charge in [-0.2, -0.15) is 5.10 Å². The minimum Gasteiger partial charge on any atom is -0.309 e. The second kappa shape index (κ2) is 18.3. The molecule has 2 heterocycles. The quantitative estimate of drug-likeness (QED) is 0.136. The summed E-state index contributed by atoms with van der Waals surface area (Å²) in [6, 6.07) is 108. The molecule has 75 heavy (non-hydrogen) atoms. The van der Waals surface area contributed by atoms with E-state index in [1.807, 2.05) is 0 Å². The average Bonchev–Trinajstić information content (AvgIpc) is 4.06. The molecule has 0 unspecified atom stereocenters. The molecule has 0 saturated heterocycles. The van der Waals surface area contributed by atoms with Gasteiger partial charge in [0, 0.05) is 38.7 Å². The molecule has 13 aromatic rings. The average molecular weight is 956 g/mol. The van der Waals surface area contributed by atoms with Crippen LogP contribution in [0.4, 0.5) is 17.1 Å². The molecule has 1 aliphatic carbocycles. The largest absolute Gasteiger partial charge is 0.309 e. The zero-order valence-corrected chi connectivity index (χ0v) is 41.1. The number of benzene rings is 11. The van der Waals surface area contributed by atoms with Crippen LogP contribution in [0.15, 0.2) is 297 Å². The first-order valence-corrected chi connectivity index (χ1v) is 25.8. The Kier molecular flexibility index (Phi) is 10.7. The standard InChI is InChI=1S/C72H49N3/c1-7-23-50(24-8-1)51-41-43-52(44-42-51)53-45-47-59(48-46-53)74(66-40-22-38-64-69(66)61-35-19-20-37-63(61)72(64,57-31-15-5-16-32-57)58-33-17-6-18-34-58)65-39-21-36-60-62(65)49-67(54-25-9-2-10-26-54)75-71(60)68(55-27-11-3-12-28-55)70(73-75)56-29-13-4-14-30-56/h1-49H. The highest BCUT2D eigenvalue weighted by Crippen LogP contribution is 2.60. The van der Waals surface area contributed by atoms with Gasteiger partial charge in [0.05, 0.1) is 28.0 Å². The smallest absolute Gasteiger partial charge is 0.101 e. The Morgan fingerprint density at radius 2 is 0.773 bits per heavy atom. The summed E-state index contributed by atoms with van der Waals surface area (Å²) >= 11 is 0. The Labute approximate surface area is 437 Å². The van der Waals surface area contributed by atoms with Gasteiger partial charge in [0.2, 0.25) is 0 Å². The van der Waals surface area contributed by atoms with E-state index in [9.17, 15) is 0 Å². The number of aromatic nitrogens is 2. The molecule has 3 heteroatoms. The lowest BCUT2D eigenvalue weighted by atomic mass is 9.68. The van der Waals surface area contributed by atoms with E-state index in [2.05, 4.69) is 307 Å². The van der Waals surface area contributed by atoms with E-state index in [0.29, 0.717) is 0 Å². The third-order valence-corrected chi connectivity index (χ3v) is 15.3. The number of anilines is 3. The van der Waals surface area contributed by atoms with Crippen molar-refractivity contribution in [2.45, 2.75) is 5.41 Å². The van der Waals surface area contributed by atoms with Gasteiger partial charge in [0.1, 0.15) is 5.69 Å². The van der Waals surface area contributed by atoms with Crippen LogP contribution in [0.3, 0.4) is 0 Å². The Bertz CT molecular complexity index is 4130. The zero-order chi connectivity index (χ0) is 49.7. The SMILES string of the molecule is c1ccc(-c2ccc(-c3ccc(N(c4cccc5c4-c4ccccc4C5(c4ccccc4)c4ccccc4)c4cccc5c4cc(-c4ccccc4)n4nc(-c6ccccc6)c(-c6ccccc6)c54)cc3)cc2)cc1. The van der Waals surface area contributed by atoms with Crippen LogP contribution in [-0.2, 0) is 5.41 Å². The maximum Gasteiger partial charge on any atom is 0.101 e. The van der Waals surface area contributed by atoms with Crippen LogP contribution in [0.2, 0.25) is 0 Å². The minimum absolute atomic E-state index is 0.576. The summed E-state index contributed by atoms with van der Waals surface area (Å²) in [7, 11) is 0. The molecule has 0 saturated carbocycles. The van der Waals surface area contributed by atoms with Crippen molar-refractivity contribution in [3.8, 4) is 67.0 Å². The predicted octanol–water partition coefficient (Wildman–Crippen LogP) is 18.7. The van der Waals surface area contributed by atoms with E-state index in [-0.39, 0.29) is 0 Å². The third-order valence-electron chi connectivity index (χ3n) is 15.3. The lowest BCUT2D eigenvalue weighted by Gasteiger charge is -2.34. The molecule has 14 rings (SSSR count). The lowest BCUT2D eigenvalue weighted by molar-refractivity contribution is 0.768. The topological polar surface area (TPSA) is 20.5 Å². The second-order valence-electron chi connectivity index (χ2n) is 19.4. The van der Waals surface area contributed by atoms with Gasteiger partial charge >= 0.3 is 0 Å². The van der Waals surface area contributed by atoms with Crippen LogP contribution >= 0.6 is 0 Å². The third kappa shape index (κ3) is 7.23. The van der Waals surface area contributed by atoms with Gasteiger partial charge in [0.25, 0.3) is 0 Å². The van der Waals surface area contributed by atoms with Gasteiger partial charge in [-0.25, -0.2) is 4.52 Å². The van der Waals surface area contributed by atoms with Gasteiger partial charge in [-0.1, -0.05) is 267 Å². The zero-order valence-electron chi connectivity index (χ0n) is 41.1. The van der Waals surface area contributed by atoms with Gasteiger partial charge in [0.15, 0.2) is 0 Å². The van der Waals surface area contributed by atoms with Gasteiger partial charge in [-0.05, 0) is 86.0 Å². The normalized spacial score (nSPS) is 12.4. The summed E-state index contributed by atoms with van der Waals surface area (Å²) in [4.78, 5) is 2.52. The molecule has 1 aliphatic rings. The van der Waals surface area contributed by atoms with Crippen molar-refractivity contribution in [1.82, 2.24) is 9.61 Å². The van der Waals surface area contributed by atoms with Crippen molar-refractivity contribution < 1.29 is 0 Å². The van der Waals surface area contributed by atoms with Crippen LogP contribution in [0.5, 0.6) is 0 Å². The molecule has 0 N–H and O–H groups in total. The maximum absolute atomic E-state index is 5.59. The first kappa shape index (κ1) is 43.9. The Morgan fingerprint density at radius 1 is 0.320 bits per heavy atom. The van der Waals surface area contributed by atoms with E-state index < -0.39 is 5.41 Å². The minimum atomic E-state index is -0.576. The fourth-order valence-electron chi connectivity index (χ4n) is 12.0. The summed E-state index contributed by atoms with van der Waals surface area (Å²) in [5.74, 6) is 0. The number of rotatable bonds is 10. The van der Waals surface area contributed by atoms with Gasteiger partial charge in [-0.3, -0.25) is 0 Å². The molecule has 11 aromatic carbocycles. The number of pyridine rings is 1. The van der Waals surface area contributed by atoms with E-state index in [4.69, 9.17) is 5.10 Å². The highest BCUT2D eigenvalue weighted by molar-refractivity contribution is 6.14. The Balaban J connectivity index is 1.06. The van der Waals surface area contributed by atoms with Crippen LogP contribution in [0.1, 0.15) is 22.3 Å². The molecule has 3 nitrogen and oxygen atoms in total. The van der Waals surface area contributed by atoms with Crippen molar-refractivity contribution in [3.05, 3.63) is 320 Å². The van der Waals surface area contributed by atoms with Crippen molar-refractivity contribution in [2.24, 2.45) is 0 Å². The van der Waals surface area contributed by atoms with Crippen LogP contribution in [0.25, 0.3) is 83.3 Å². The Hall–Kier alpha value is -9.83. The van der Waals surface area contributed by atoms with Crippen molar-refractivity contribution in [2.75, 3.05) is 4.90 Å². The lowest BCUT2D eigenvalue weighted by Crippen LogP contribution is -2.28. The van der Waals surface area contributed by atoms with Crippen molar-refractivity contribution >= 4 is 33.4 Å². The summed E-state index contributed by atoms with van der Waals surface area (Å²) in [6.45, 7) is 0. The van der Waals surface area contributed by atoms with Crippen molar-refractivity contribution in [3.63, 3.8) is 0 Å².